The minimum Gasteiger partial charge on any atom is -0.461 e. The molecule has 5 heteroatoms. The maximum Gasteiger partial charge on any atom is 0.297 e. The van der Waals surface area contributed by atoms with Gasteiger partial charge in [0.05, 0.1) is 10.9 Å². The number of fused-ring (bicyclic) bond motifs is 1. The lowest BCUT2D eigenvalue weighted by molar-refractivity contribution is 0.118. The van der Waals surface area contributed by atoms with Gasteiger partial charge in [-0.05, 0) is 43.4 Å². The highest BCUT2D eigenvalue weighted by molar-refractivity contribution is 5.81. The number of nitrogens with zero attached hydrogens (tertiary/aromatic N) is 1. The molecule has 20 heavy (non-hydrogen) atoms. The lowest BCUT2D eigenvalue weighted by atomic mass is 9.89. The molecule has 5 nitrogen and oxygen atoms in total. The molecule has 0 aliphatic heterocycles. The summed E-state index contributed by atoms with van der Waals surface area (Å²) in [6.07, 6.45) is 4.60. The minimum absolute atomic E-state index is 0.146. The number of H-pyrrole nitrogens is 1. The summed E-state index contributed by atoms with van der Waals surface area (Å²) in [5, 5.41) is 0.495. The molecular weight excluding hydrogens is 254 g/mol. The van der Waals surface area contributed by atoms with E-state index in [4.69, 9.17) is 10.5 Å². The van der Waals surface area contributed by atoms with E-state index < -0.39 is 0 Å². The number of anilines is 1. The molecule has 0 radical (unpaired) electrons. The van der Waals surface area contributed by atoms with E-state index in [0.29, 0.717) is 28.5 Å². The summed E-state index contributed by atoms with van der Waals surface area (Å²) < 4.78 is 5.85. The highest BCUT2D eigenvalue weighted by atomic mass is 16.5. The molecule has 1 aliphatic rings. The van der Waals surface area contributed by atoms with Gasteiger partial charge in [0.25, 0.3) is 11.6 Å². The predicted octanol–water partition coefficient (Wildman–Crippen LogP) is 2.46. The Morgan fingerprint density at radius 3 is 3.05 bits per heavy atom. The van der Waals surface area contributed by atoms with Crippen molar-refractivity contribution < 1.29 is 4.74 Å². The fourth-order valence-corrected chi connectivity index (χ4v) is 2.83. The summed E-state index contributed by atoms with van der Waals surface area (Å²) in [7, 11) is 0. The molecule has 0 saturated heterocycles. The fraction of sp³-hybridized carbons (Fsp3) is 0.467. The molecule has 0 amide bonds. The van der Waals surface area contributed by atoms with Crippen LogP contribution in [0.3, 0.4) is 0 Å². The van der Waals surface area contributed by atoms with Crippen molar-refractivity contribution in [2.24, 2.45) is 5.92 Å². The van der Waals surface area contributed by atoms with Gasteiger partial charge in [-0.15, -0.1) is 0 Å². The Morgan fingerprint density at radius 2 is 2.25 bits per heavy atom. The standard InChI is InChI=1S/C15H19N3O2/c1-9-3-2-4-11(7-9)20-15-17-13-6-5-10(16)8-12(13)14(19)18-15/h5-6,8-9,11H,2-4,7,16H2,1H3,(H,17,18,19). The first-order valence-corrected chi connectivity index (χ1v) is 7.08. The molecule has 0 bridgehead atoms. The zero-order valence-electron chi connectivity index (χ0n) is 11.6. The average Bonchev–Trinajstić information content (AvgIpc) is 2.40. The van der Waals surface area contributed by atoms with Crippen LogP contribution in [0.2, 0.25) is 0 Å². The van der Waals surface area contributed by atoms with Crippen LogP contribution in [-0.4, -0.2) is 16.1 Å². The lowest BCUT2D eigenvalue weighted by Crippen LogP contribution is -2.26. The van der Waals surface area contributed by atoms with Gasteiger partial charge < -0.3 is 10.5 Å². The summed E-state index contributed by atoms with van der Waals surface area (Å²) in [5.41, 5.74) is 6.64. The van der Waals surface area contributed by atoms with Gasteiger partial charge in [-0.3, -0.25) is 9.78 Å². The van der Waals surface area contributed by atoms with Crippen LogP contribution in [0.15, 0.2) is 23.0 Å². The van der Waals surface area contributed by atoms with Crippen molar-refractivity contribution in [3.05, 3.63) is 28.6 Å². The Balaban J connectivity index is 1.89. The van der Waals surface area contributed by atoms with E-state index in [1.807, 2.05) is 0 Å². The molecule has 1 fully saturated rings. The number of hydrogen-bond acceptors (Lipinski definition) is 4. The van der Waals surface area contributed by atoms with Gasteiger partial charge in [-0.1, -0.05) is 13.3 Å². The van der Waals surface area contributed by atoms with Gasteiger partial charge in [-0.2, -0.15) is 4.98 Å². The molecular formula is C15H19N3O2. The third-order valence-corrected chi connectivity index (χ3v) is 3.87. The average molecular weight is 273 g/mol. The van der Waals surface area contributed by atoms with Crippen LogP contribution in [0.25, 0.3) is 10.9 Å². The van der Waals surface area contributed by atoms with Crippen LogP contribution in [-0.2, 0) is 0 Å². The number of aromatic amines is 1. The van der Waals surface area contributed by atoms with Gasteiger partial charge in [0.1, 0.15) is 6.10 Å². The largest absolute Gasteiger partial charge is 0.461 e. The van der Waals surface area contributed by atoms with E-state index in [0.717, 1.165) is 12.8 Å². The first kappa shape index (κ1) is 13.0. The second kappa shape index (κ2) is 5.15. The van der Waals surface area contributed by atoms with Crippen LogP contribution in [0.5, 0.6) is 6.01 Å². The van der Waals surface area contributed by atoms with Crippen molar-refractivity contribution in [1.82, 2.24) is 9.97 Å². The topological polar surface area (TPSA) is 81.0 Å². The maximum absolute atomic E-state index is 12.0. The highest BCUT2D eigenvalue weighted by Gasteiger charge is 2.21. The summed E-state index contributed by atoms with van der Waals surface area (Å²) in [5.74, 6) is 0.667. The Bertz CT molecular complexity index is 680. The first-order valence-electron chi connectivity index (χ1n) is 7.08. The quantitative estimate of drug-likeness (QED) is 0.824. The Hall–Kier alpha value is -2.04. The molecule has 1 heterocycles. The maximum atomic E-state index is 12.0. The molecule has 3 N–H and O–H groups in total. The Morgan fingerprint density at radius 1 is 1.40 bits per heavy atom. The summed E-state index contributed by atoms with van der Waals surface area (Å²) in [6, 6.07) is 5.43. The van der Waals surface area contributed by atoms with Crippen LogP contribution in [0.1, 0.15) is 32.6 Å². The molecule has 1 aromatic heterocycles. The monoisotopic (exact) mass is 273 g/mol. The van der Waals surface area contributed by atoms with Gasteiger partial charge >= 0.3 is 0 Å². The van der Waals surface area contributed by atoms with E-state index in [1.165, 1.54) is 12.8 Å². The van der Waals surface area contributed by atoms with E-state index in [1.54, 1.807) is 18.2 Å². The van der Waals surface area contributed by atoms with Crippen molar-refractivity contribution in [2.45, 2.75) is 38.7 Å². The van der Waals surface area contributed by atoms with Crippen LogP contribution < -0.4 is 16.0 Å². The zero-order valence-corrected chi connectivity index (χ0v) is 11.6. The first-order chi connectivity index (χ1) is 9.61. The molecule has 2 unspecified atom stereocenters. The van der Waals surface area contributed by atoms with Crippen LogP contribution >= 0.6 is 0 Å². The smallest absolute Gasteiger partial charge is 0.297 e. The van der Waals surface area contributed by atoms with E-state index >= 15 is 0 Å². The molecule has 2 aromatic rings. The molecule has 3 rings (SSSR count). The zero-order chi connectivity index (χ0) is 14.1. The third-order valence-electron chi connectivity index (χ3n) is 3.87. The number of rotatable bonds is 2. The number of hydrogen-bond donors (Lipinski definition) is 2. The third kappa shape index (κ3) is 2.61. The number of nitrogen functional groups attached to an aromatic ring is 1. The number of aromatic nitrogens is 2. The molecule has 1 saturated carbocycles. The summed E-state index contributed by atoms with van der Waals surface area (Å²) >= 11 is 0. The lowest BCUT2D eigenvalue weighted by Gasteiger charge is -2.26. The van der Waals surface area contributed by atoms with Crippen LogP contribution in [0, 0.1) is 5.92 Å². The van der Waals surface area contributed by atoms with E-state index in [9.17, 15) is 4.79 Å². The predicted molar refractivity (Wildman–Crippen MR) is 78.8 cm³/mol. The van der Waals surface area contributed by atoms with Crippen molar-refractivity contribution >= 4 is 16.6 Å². The minimum atomic E-state index is -0.207. The SMILES string of the molecule is CC1CCCC(Oc2nc3ccc(N)cc3c(=O)[nH]2)C1. The summed E-state index contributed by atoms with van der Waals surface area (Å²) in [4.78, 5) is 19.1. The summed E-state index contributed by atoms with van der Waals surface area (Å²) in [6.45, 7) is 2.23. The van der Waals surface area contributed by atoms with Crippen molar-refractivity contribution in [2.75, 3.05) is 5.73 Å². The van der Waals surface area contributed by atoms with Gasteiger partial charge in [0.15, 0.2) is 0 Å². The van der Waals surface area contributed by atoms with Crippen molar-refractivity contribution in [3.8, 4) is 6.01 Å². The fourth-order valence-electron chi connectivity index (χ4n) is 2.83. The Kier molecular flexibility index (Phi) is 3.34. The molecule has 1 aromatic carbocycles. The normalized spacial score (nSPS) is 22.9. The molecule has 2 atom stereocenters. The molecule has 106 valence electrons. The second-order valence-electron chi connectivity index (χ2n) is 5.66. The van der Waals surface area contributed by atoms with Crippen molar-refractivity contribution in [1.29, 1.82) is 0 Å². The van der Waals surface area contributed by atoms with E-state index in [-0.39, 0.29) is 11.7 Å². The van der Waals surface area contributed by atoms with Gasteiger partial charge in [-0.25, -0.2) is 0 Å². The number of benzene rings is 1. The van der Waals surface area contributed by atoms with Gasteiger partial charge in [0.2, 0.25) is 0 Å². The van der Waals surface area contributed by atoms with E-state index in [2.05, 4.69) is 16.9 Å². The highest BCUT2D eigenvalue weighted by Crippen LogP contribution is 2.26. The molecule has 1 aliphatic carbocycles. The van der Waals surface area contributed by atoms with Crippen molar-refractivity contribution in [3.63, 3.8) is 0 Å². The Labute approximate surface area is 117 Å². The number of nitrogens with one attached hydrogen (secondary N) is 1. The number of nitrogens with two attached hydrogens (primary N) is 1. The van der Waals surface area contributed by atoms with Crippen LogP contribution in [0.4, 0.5) is 5.69 Å². The van der Waals surface area contributed by atoms with Gasteiger partial charge in [0, 0.05) is 5.69 Å². The molecule has 0 spiro atoms. The second-order valence-corrected chi connectivity index (χ2v) is 5.66. The number of ether oxygens (including phenoxy) is 1.